The molecule has 148 valence electrons. The summed E-state index contributed by atoms with van der Waals surface area (Å²) in [4.78, 5) is 49.1. The SMILES string of the molecule is COC(=O)CN1C(=O)N/C(=C/c2ccc(N3CCOCC3)c([N+](=O)[O-])c2)C1=O. The number of nitro benzene ring substituents is 1. The van der Waals surface area contributed by atoms with E-state index in [1.807, 2.05) is 4.90 Å². The van der Waals surface area contributed by atoms with Gasteiger partial charge in [0.2, 0.25) is 0 Å². The molecule has 2 aliphatic heterocycles. The highest BCUT2D eigenvalue weighted by Gasteiger charge is 2.35. The van der Waals surface area contributed by atoms with Gasteiger partial charge in [-0.05, 0) is 17.7 Å². The average molecular weight is 390 g/mol. The molecule has 1 N–H and O–H groups in total. The minimum Gasteiger partial charge on any atom is -0.468 e. The van der Waals surface area contributed by atoms with Gasteiger partial charge in [0, 0.05) is 19.2 Å². The topological polar surface area (TPSA) is 131 Å². The summed E-state index contributed by atoms with van der Waals surface area (Å²) in [6, 6.07) is 3.79. The standard InChI is InChI=1S/C17H18N4O7/c1-27-15(22)10-20-16(23)12(18-17(20)24)8-11-2-3-13(14(9-11)21(25)26)19-4-6-28-7-5-19/h2-3,8-9H,4-7,10H2,1H3,(H,18,24)/b12-8+. The Labute approximate surface area is 159 Å². The van der Waals surface area contributed by atoms with Crippen LogP contribution < -0.4 is 10.2 Å². The van der Waals surface area contributed by atoms with Gasteiger partial charge < -0.3 is 19.7 Å². The Morgan fingerprint density at radius 2 is 2.07 bits per heavy atom. The van der Waals surface area contributed by atoms with E-state index in [1.165, 1.54) is 12.1 Å². The molecule has 2 aliphatic rings. The van der Waals surface area contributed by atoms with Crippen molar-refractivity contribution in [2.45, 2.75) is 0 Å². The van der Waals surface area contributed by atoms with E-state index in [1.54, 1.807) is 12.1 Å². The van der Waals surface area contributed by atoms with Crippen molar-refractivity contribution >= 4 is 35.4 Å². The molecule has 0 saturated carbocycles. The summed E-state index contributed by atoms with van der Waals surface area (Å²) in [5.41, 5.74) is 0.638. The normalized spacial score (nSPS) is 18.4. The van der Waals surface area contributed by atoms with Crippen LogP contribution in [0.4, 0.5) is 16.2 Å². The molecule has 0 radical (unpaired) electrons. The van der Waals surface area contributed by atoms with Gasteiger partial charge in [-0.15, -0.1) is 0 Å². The number of rotatable bonds is 5. The number of nitrogens with zero attached hydrogens (tertiary/aromatic N) is 3. The lowest BCUT2D eigenvalue weighted by molar-refractivity contribution is -0.384. The number of nitrogens with one attached hydrogen (secondary N) is 1. The first-order valence-corrected chi connectivity index (χ1v) is 8.43. The van der Waals surface area contributed by atoms with Crippen molar-refractivity contribution in [1.29, 1.82) is 0 Å². The summed E-state index contributed by atoms with van der Waals surface area (Å²) in [5, 5.41) is 13.9. The number of nitro groups is 1. The van der Waals surface area contributed by atoms with Crippen LogP contribution in [-0.2, 0) is 19.1 Å². The highest BCUT2D eigenvalue weighted by atomic mass is 16.6. The van der Waals surface area contributed by atoms with E-state index in [-0.39, 0.29) is 11.4 Å². The molecule has 0 bridgehead atoms. The second-order valence-electron chi connectivity index (χ2n) is 6.06. The third-order valence-electron chi connectivity index (χ3n) is 4.34. The van der Waals surface area contributed by atoms with Gasteiger partial charge in [-0.3, -0.25) is 19.7 Å². The number of morpholine rings is 1. The van der Waals surface area contributed by atoms with Gasteiger partial charge in [0.1, 0.15) is 17.9 Å². The van der Waals surface area contributed by atoms with Crippen molar-refractivity contribution in [2.75, 3.05) is 44.9 Å². The molecule has 0 aliphatic carbocycles. The largest absolute Gasteiger partial charge is 0.468 e. The number of anilines is 1. The van der Waals surface area contributed by atoms with Crippen molar-refractivity contribution in [2.24, 2.45) is 0 Å². The molecule has 0 unspecified atom stereocenters. The number of carbonyl (C=O) groups is 3. The quantitative estimate of drug-likeness (QED) is 0.253. The monoisotopic (exact) mass is 390 g/mol. The Morgan fingerprint density at radius 1 is 1.36 bits per heavy atom. The van der Waals surface area contributed by atoms with Crippen LogP contribution in [0.3, 0.4) is 0 Å². The fourth-order valence-corrected chi connectivity index (χ4v) is 2.92. The molecule has 11 heteroatoms. The van der Waals surface area contributed by atoms with Crippen LogP contribution in [0.25, 0.3) is 6.08 Å². The van der Waals surface area contributed by atoms with Crippen molar-refractivity contribution in [3.8, 4) is 0 Å². The molecule has 3 amide bonds. The molecule has 3 rings (SSSR count). The van der Waals surface area contributed by atoms with E-state index >= 15 is 0 Å². The molecule has 2 fully saturated rings. The molecule has 28 heavy (non-hydrogen) atoms. The van der Waals surface area contributed by atoms with Crippen molar-refractivity contribution < 1.29 is 28.8 Å². The highest BCUT2D eigenvalue weighted by Crippen LogP contribution is 2.30. The van der Waals surface area contributed by atoms with Crippen molar-refractivity contribution in [3.63, 3.8) is 0 Å². The van der Waals surface area contributed by atoms with Gasteiger partial charge in [0.15, 0.2) is 0 Å². The first-order valence-electron chi connectivity index (χ1n) is 8.43. The van der Waals surface area contributed by atoms with Crippen molar-refractivity contribution in [1.82, 2.24) is 10.2 Å². The van der Waals surface area contributed by atoms with E-state index < -0.39 is 29.4 Å². The van der Waals surface area contributed by atoms with Gasteiger partial charge >= 0.3 is 12.0 Å². The summed E-state index contributed by atoms with van der Waals surface area (Å²) in [7, 11) is 1.15. The van der Waals surface area contributed by atoms with E-state index in [0.29, 0.717) is 42.5 Å². The smallest absolute Gasteiger partial charge is 0.329 e. The number of hydrogen-bond donors (Lipinski definition) is 1. The maximum Gasteiger partial charge on any atom is 0.329 e. The average Bonchev–Trinajstić information content (AvgIpc) is 2.95. The van der Waals surface area contributed by atoms with E-state index in [2.05, 4.69) is 10.1 Å². The number of hydrogen-bond acceptors (Lipinski definition) is 8. The Bertz CT molecular complexity index is 861. The highest BCUT2D eigenvalue weighted by molar-refractivity contribution is 6.15. The lowest BCUT2D eigenvalue weighted by atomic mass is 10.1. The van der Waals surface area contributed by atoms with Crippen LogP contribution in [0.2, 0.25) is 0 Å². The van der Waals surface area contributed by atoms with Crippen LogP contribution in [-0.4, -0.2) is 67.7 Å². The number of esters is 1. The summed E-state index contributed by atoms with van der Waals surface area (Å²) in [6.45, 7) is 1.53. The third kappa shape index (κ3) is 3.93. The molecule has 0 aromatic heterocycles. The van der Waals surface area contributed by atoms with Crippen LogP contribution in [0.1, 0.15) is 5.56 Å². The Morgan fingerprint density at radius 3 is 2.71 bits per heavy atom. The second kappa shape index (κ2) is 8.05. The molecule has 0 spiro atoms. The Kier molecular flexibility index (Phi) is 5.54. The zero-order valence-electron chi connectivity index (χ0n) is 15.0. The zero-order chi connectivity index (χ0) is 20.3. The first-order chi connectivity index (χ1) is 13.4. The minimum absolute atomic E-state index is 0.0812. The predicted molar refractivity (Wildman–Crippen MR) is 96.4 cm³/mol. The first kappa shape index (κ1) is 19.3. The number of methoxy groups -OCH3 is 1. The molecule has 1 aromatic carbocycles. The Balaban J connectivity index is 1.86. The number of ether oxygens (including phenoxy) is 2. The van der Waals surface area contributed by atoms with Crippen LogP contribution in [0, 0.1) is 10.1 Å². The summed E-state index contributed by atoms with van der Waals surface area (Å²) in [6.07, 6.45) is 1.33. The Hall–Kier alpha value is -3.47. The predicted octanol–water partition coefficient (Wildman–Crippen LogP) is 0.497. The zero-order valence-corrected chi connectivity index (χ0v) is 15.0. The summed E-state index contributed by atoms with van der Waals surface area (Å²) < 4.78 is 9.72. The van der Waals surface area contributed by atoms with E-state index in [9.17, 15) is 24.5 Å². The van der Waals surface area contributed by atoms with Gasteiger partial charge in [0.25, 0.3) is 11.6 Å². The molecule has 1 aromatic rings. The lowest BCUT2D eigenvalue weighted by Gasteiger charge is -2.28. The van der Waals surface area contributed by atoms with Crippen molar-refractivity contribution in [3.05, 3.63) is 39.6 Å². The van der Waals surface area contributed by atoms with E-state index in [0.717, 1.165) is 7.11 Å². The molecule has 2 heterocycles. The van der Waals surface area contributed by atoms with Crippen LogP contribution in [0.5, 0.6) is 0 Å². The lowest BCUT2D eigenvalue weighted by Crippen LogP contribution is -2.36. The molecule has 11 nitrogen and oxygen atoms in total. The maximum atomic E-state index is 12.3. The van der Waals surface area contributed by atoms with Crippen LogP contribution >= 0.6 is 0 Å². The second-order valence-corrected chi connectivity index (χ2v) is 6.06. The fourth-order valence-electron chi connectivity index (χ4n) is 2.92. The molecule has 0 atom stereocenters. The fraction of sp³-hybridized carbons (Fsp3) is 0.353. The molecule has 2 saturated heterocycles. The van der Waals surface area contributed by atoms with Crippen LogP contribution in [0.15, 0.2) is 23.9 Å². The number of benzene rings is 1. The molecular weight excluding hydrogens is 372 g/mol. The van der Waals surface area contributed by atoms with Gasteiger partial charge in [0.05, 0.1) is 25.2 Å². The number of imide groups is 1. The maximum absolute atomic E-state index is 12.3. The number of urea groups is 1. The van der Waals surface area contributed by atoms with Gasteiger partial charge in [-0.1, -0.05) is 6.07 Å². The minimum atomic E-state index is -0.763. The third-order valence-corrected chi connectivity index (χ3v) is 4.34. The summed E-state index contributed by atoms with van der Waals surface area (Å²) in [5.74, 6) is -1.45. The van der Waals surface area contributed by atoms with Gasteiger partial charge in [-0.25, -0.2) is 9.69 Å². The number of carbonyl (C=O) groups excluding carboxylic acids is 3. The number of amides is 3. The molecular formula is C17H18N4O7. The van der Waals surface area contributed by atoms with E-state index in [4.69, 9.17) is 4.74 Å². The summed E-state index contributed by atoms with van der Waals surface area (Å²) >= 11 is 0. The van der Waals surface area contributed by atoms with Gasteiger partial charge in [-0.2, -0.15) is 0 Å².